The third-order valence-electron chi connectivity index (χ3n) is 5.73. The summed E-state index contributed by atoms with van der Waals surface area (Å²) in [6.07, 6.45) is 3.10. The van der Waals surface area contributed by atoms with E-state index in [4.69, 9.17) is 26.2 Å². The molecule has 8 nitrogen and oxygen atoms in total. The molecule has 0 saturated heterocycles. The van der Waals surface area contributed by atoms with Gasteiger partial charge < -0.3 is 14.7 Å². The van der Waals surface area contributed by atoms with Crippen LogP contribution in [0.25, 0.3) is 5.65 Å². The third-order valence-corrected chi connectivity index (χ3v) is 6.08. The molecule has 1 aliphatic rings. The van der Waals surface area contributed by atoms with E-state index in [2.05, 4.69) is 15.2 Å². The Morgan fingerprint density at radius 3 is 2.77 bits per heavy atom. The average Bonchev–Trinajstić information content (AvgIpc) is 3.30. The number of halogens is 1. The molecule has 3 aromatic carbocycles. The normalized spacial score (nSPS) is 14.5. The van der Waals surface area contributed by atoms with Gasteiger partial charge in [0.05, 0.1) is 11.8 Å². The number of phenols is 1. The fourth-order valence-corrected chi connectivity index (χ4v) is 4.35. The van der Waals surface area contributed by atoms with Crippen molar-refractivity contribution in [2.75, 3.05) is 0 Å². The Bertz CT molecular complexity index is 1570. The lowest BCUT2D eigenvalue weighted by Gasteiger charge is -2.27. The van der Waals surface area contributed by atoms with Gasteiger partial charge in [0.25, 0.3) is 0 Å². The molecule has 0 spiro atoms. The van der Waals surface area contributed by atoms with E-state index in [1.54, 1.807) is 35.3 Å². The minimum atomic E-state index is -0.206. The largest absolute Gasteiger partial charge is 0.508 e. The van der Waals surface area contributed by atoms with Crippen LogP contribution in [0.5, 0.6) is 17.4 Å². The van der Waals surface area contributed by atoms with Gasteiger partial charge >= 0.3 is 0 Å². The van der Waals surface area contributed by atoms with Gasteiger partial charge in [-0.3, -0.25) is 0 Å². The highest BCUT2D eigenvalue weighted by Crippen LogP contribution is 2.48. The Morgan fingerprint density at radius 2 is 1.91 bits per heavy atom. The number of aromatic nitrogens is 4. The molecular weight excluding hydrogens is 466 g/mol. The van der Waals surface area contributed by atoms with Crippen molar-refractivity contribution < 1.29 is 14.7 Å². The molecule has 1 unspecified atom stereocenters. The number of hydrogen-bond acceptors (Lipinski definition) is 7. The molecule has 0 bridgehead atoms. The summed E-state index contributed by atoms with van der Waals surface area (Å²) in [5.74, 6) is 1.34. The number of benzene rings is 3. The van der Waals surface area contributed by atoms with Gasteiger partial charge in [0.15, 0.2) is 18.1 Å². The summed E-state index contributed by atoms with van der Waals surface area (Å²) in [5.41, 5.74) is 4.10. The fourth-order valence-electron chi connectivity index (χ4n) is 4.17. The van der Waals surface area contributed by atoms with Crippen LogP contribution in [0.4, 0.5) is 0 Å². The first kappa shape index (κ1) is 21.1. The number of nitrogens with zero attached hydrogens (tertiary/aromatic N) is 5. The van der Waals surface area contributed by atoms with Crippen molar-refractivity contribution in [1.29, 1.82) is 0 Å². The second-order valence-electron chi connectivity index (χ2n) is 7.96. The maximum atomic E-state index is 10.00. The highest BCUT2D eigenvalue weighted by atomic mass is 35.5. The van der Waals surface area contributed by atoms with Crippen LogP contribution in [0.3, 0.4) is 0 Å². The van der Waals surface area contributed by atoms with Crippen molar-refractivity contribution in [3.8, 4) is 17.4 Å². The number of rotatable bonds is 5. The van der Waals surface area contributed by atoms with Crippen LogP contribution in [-0.4, -0.2) is 30.9 Å². The van der Waals surface area contributed by atoms with E-state index >= 15 is 0 Å². The number of hydrogen-bond donors (Lipinski definition) is 1. The van der Waals surface area contributed by atoms with E-state index in [9.17, 15) is 5.11 Å². The maximum Gasteiger partial charge on any atom is 0.228 e. The molecule has 2 aromatic heterocycles. The van der Waals surface area contributed by atoms with Crippen molar-refractivity contribution in [2.24, 2.45) is 5.16 Å². The van der Waals surface area contributed by atoms with Gasteiger partial charge in [0, 0.05) is 28.1 Å². The molecule has 5 aromatic rings. The first-order valence-corrected chi connectivity index (χ1v) is 11.2. The molecule has 9 heteroatoms. The summed E-state index contributed by atoms with van der Waals surface area (Å²) >= 11 is 6.14. The highest BCUT2D eigenvalue weighted by molar-refractivity contribution is 6.33. The summed E-state index contributed by atoms with van der Waals surface area (Å²) in [5, 5.41) is 19.1. The number of oxime groups is 1. The van der Waals surface area contributed by atoms with Crippen molar-refractivity contribution in [3.05, 3.63) is 112 Å². The van der Waals surface area contributed by atoms with Crippen LogP contribution in [0, 0.1) is 0 Å². The second-order valence-corrected chi connectivity index (χ2v) is 8.36. The van der Waals surface area contributed by atoms with Gasteiger partial charge in [-0.05, 0) is 17.7 Å². The summed E-state index contributed by atoms with van der Waals surface area (Å²) < 4.78 is 7.68. The van der Waals surface area contributed by atoms with Gasteiger partial charge in [-0.25, -0.2) is 14.5 Å². The van der Waals surface area contributed by atoms with Gasteiger partial charge in [-0.2, -0.15) is 0 Å². The summed E-state index contributed by atoms with van der Waals surface area (Å²) in [6.45, 7) is 0.0682. The molecule has 0 aliphatic carbocycles. The highest BCUT2D eigenvalue weighted by Gasteiger charge is 2.33. The monoisotopic (exact) mass is 483 g/mol. The first-order valence-electron chi connectivity index (χ1n) is 10.9. The summed E-state index contributed by atoms with van der Waals surface area (Å²) in [6, 6.07) is 22.5. The Hall–Kier alpha value is -4.43. The molecule has 0 fully saturated rings. The number of phenolic OH excluding ortho intramolecular Hbond substituents is 1. The van der Waals surface area contributed by atoms with E-state index in [1.165, 1.54) is 0 Å². The minimum absolute atomic E-state index is 0.0682. The molecule has 0 radical (unpaired) electrons. The Labute approximate surface area is 205 Å². The first-order chi connectivity index (χ1) is 17.2. The molecule has 172 valence electrons. The van der Waals surface area contributed by atoms with Crippen molar-refractivity contribution >= 4 is 23.5 Å². The molecular formula is C26H18ClN5O3. The van der Waals surface area contributed by atoms with Crippen LogP contribution >= 0.6 is 11.6 Å². The standard InChI is InChI=1S/C26H18ClN5O3/c27-20-9-5-4-8-17(20)13-29-34-14-22-30-25-24-23(16-6-2-1-3-7-16)19-11-10-18(33)12-21(19)35-26(24)28-15-32(25)31-22/h1-13,15,23,33H,14H2. The van der Waals surface area contributed by atoms with Crippen molar-refractivity contribution in [3.63, 3.8) is 0 Å². The summed E-state index contributed by atoms with van der Waals surface area (Å²) in [7, 11) is 0. The molecule has 0 saturated carbocycles. The van der Waals surface area contributed by atoms with E-state index in [0.29, 0.717) is 28.1 Å². The van der Waals surface area contributed by atoms with Crippen LogP contribution in [0.1, 0.15) is 34.0 Å². The Kier molecular flexibility index (Phi) is 5.27. The lowest BCUT2D eigenvalue weighted by molar-refractivity contribution is 0.126. The number of fused-ring (bicyclic) bond motifs is 4. The Morgan fingerprint density at radius 1 is 1.09 bits per heavy atom. The molecule has 1 N–H and O–H groups in total. The zero-order chi connectivity index (χ0) is 23.8. The zero-order valence-electron chi connectivity index (χ0n) is 18.2. The van der Waals surface area contributed by atoms with E-state index in [-0.39, 0.29) is 18.3 Å². The van der Waals surface area contributed by atoms with Gasteiger partial charge in [0.2, 0.25) is 5.88 Å². The van der Waals surface area contributed by atoms with E-state index in [1.807, 2.05) is 54.6 Å². The van der Waals surface area contributed by atoms with Gasteiger partial charge in [0.1, 0.15) is 17.8 Å². The maximum absolute atomic E-state index is 10.00. The molecule has 1 atom stereocenters. The zero-order valence-corrected chi connectivity index (χ0v) is 19.0. The van der Waals surface area contributed by atoms with Crippen LogP contribution in [-0.2, 0) is 11.4 Å². The SMILES string of the molecule is Oc1ccc2c(c1)Oc1ncn3nc(CON=Cc4ccccc4Cl)nc3c1C2c1ccccc1. The fraction of sp³-hybridized carbons (Fsp3) is 0.0769. The third kappa shape index (κ3) is 3.94. The quantitative estimate of drug-likeness (QED) is 0.263. The Balaban J connectivity index is 1.37. The molecule has 3 heterocycles. The molecule has 35 heavy (non-hydrogen) atoms. The van der Waals surface area contributed by atoms with Crippen LogP contribution in [0.15, 0.2) is 84.3 Å². The summed E-state index contributed by atoms with van der Waals surface area (Å²) in [4.78, 5) is 14.6. The number of ether oxygens (including phenoxy) is 1. The van der Waals surface area contributed by atoms with Crippen molar-refractivity contribution in [1.82, 2.24) is 19.6 Å². The lowest BCUT2D eigenvalue weighted by atomic mass is 9.84. The predicted octanol–water partition coefficient (Wildman–Crippen LogP) is 5.32. The van der Waals surface area contributed by atoms with Crippen LogP contribution in [0.2, 0.25) is 5.02 Å². The lowest BCUT2D eigenvalue weighted by Crippen LogP contribution is -2.14. The van der Waals surface area contributed by atoms with E-state index in [0.717, 1.165) is 22.3 Å². The van der Waals surface area contributed by atoms with Gasteiger partial charge in [-0.15, -0.1) is 5.10 Å². The minimum Gasteiger partial charge on any atom is -0.508 e. The van der Waals surface area contributed by atoms with Crippen LogP contribution < -0.4 is 4.74 Å². The average molecular weight is 484 g/mol. The number of aromatic hydroxyl groups is 1. The van der Waals surface area contributed by atoms with Crippen molar-refractivity contribution in [2.45, 2.75) is 12.5 Å². The predicted molar refractivity (Wildman–Crippen MR) is 130 cm³/mol. The molecule has 0 amide bonds. The second kappa shape index (κ2) is 8.73. The molecule has 1 aliphatic heterocycles. The topological polar surface area (TPSA) is 94.1 Å². The van der Waals surface area contributed by atoms with E-state index < -0.39 is 0 Å². The van der Waals surface area contributed by atoms with Gasteiger partial charge in [-0.1, -0.05) is 71.4 Å². The smallest absolute Gasteiger partial charge is 0.228 e. The molecule has 6 rings (SSSR count).